The van der Waals surface area contributed by atoms with E-state index in [-0.39, 0.29) is 11.7 Å². The van der Waals surface area contributed by atoms with Gasteiger partial charge in [-0.25, -0.2) is 4.98 Å². The zero-order valence-corrected chi connectivity index (χ0v) is 14.5. The van der Waals surface area contributed by atoms with Gasteiger partial charge in [0.1, 0.15) is 11.6 Å². The van der Waals surface area contributed by atoms with Crippen LogP contribution in [0.1, 0.15) is 11.4 Å². The van der Waals surface area contributed by atoms with Crippen molar-refractivity contribution in [2.75, 3.05) is 18.2 Å². The van der Waals surface area contributed by atoms with Gasteiger partial charge >= 0.3 is 0 Å². The standard InChI is InChI=1S/C18H18N4O2S/c1-24-15-10-6-5-9-14(15)19-17(23)12-25-18-20-16(21-22-18)11-13-7-3-2-4-8-13/h2-10H,11-12H2,1H3,(H,19,23)(H,20,21,22). The van der Waals surface area contributed by atoms with Crippen LogP contribution >= 0.6 is 11.8 Å². The van der Waals surface area contributed by atoms with Crippen LogP contribution in [0.3, 0.4) is 0 Å². The van der Waals surface area contributed by atoms with Gasteiger partial charge < -0.3 is 10.1 Å². The number of aromatic amines is 1. The van der Waals surface area contributed by atoms with E-state index in [0.717, 1.165) is 11.4 Å². The molecule has 3 aromatic rings. The third-order valence-corrected chi connectivity index (χ3v) is 4.29. The number of nitrogens with one attached hydrogen (secondary N) is 2. The molecule has 25 heavy (non-hydrogen) atoms. The second-order valence-corrected chi connectivity index (χ2v) is 6.21. The molecule has 0 fully saturated rings. The Kier molecular flexibility index (Phi) is 5.69. The monoisotopic (exact) mass is 354 g/mol. The highest BCUT2D eigenvalue weighted by Crippen LogP contribution is 2.23. The summed E-state index contributed by atoms with van der Waals surface area (Å²) in [7, 11) is 1.57. The quantitative estimate of drug-likeness (QED) is 0.637. The third-order valence-electron chi connectivity index (χ3n) is 3.44. The van der Waals surface area contributed by atoms with E-state index >= 15 is 0 Å². The molecule has 1 heterocycles. The lowest BCUT2D eigenvalue weighted by Gasteiger charge is -2.08. The third kappa shape index (κ3) is 4.84. The van der Waals surface area contributed by atoms with Crippen LogP contribution < -0.4 is 10.1 Å². The fraction of sp³-hybridized carbons (Fsp3) is 0.167. The molecular weight excluding hydrogens is 336 g/mol. The van der Waals surface area contributed by atoms with Gasteiger partial charge in [-0.2, -0.15) is 0 Å². The normalized spacial score (nSPS) is 10.4. The smallest absolute Gasteiger partial charge is 0.234 e. The molecule has 0 radical (unpaired) electrons. The highest BCUT2D eigenvalue weighted by Gasteiger charge is 2.10. The van der Waals surface area contributed by atoms with Crippen LogP contribution in [0, 0.1) is 0 Å². The number of H-pyrrole nitrogens is 1. The van der Waals surface area contributed by atoms with Crippen molar-refractivity contribution >= 4 is 23.4 Å². The van der Waals surface area contributed by atoms with Gasteiger partial charge in [-0.1, -0.05) is 54.2 Å². The maximum atomic E-state index is 12.1. The summed E-state index contributed by atoms with van der Waals surface area (Å²) in [6.45, 7) is 0. The molecule has 0 saturated heterocycles. The largest absolute Gasteiger partial charge is 0.495 e. The summed E-state index contributed by atoms with van der Waals surface area (Å²) in [5.74, 6) is 1.49. The Labute approximate surface area is 150 Å². The summed E-state index contributed by atoms with van der Waals surface area (Å²) in [5, 5.41) is 10.4. The number of hydrogen-bond donors (Lipinski definition) is 2. The second-order valence-electron chi connectivity index (χ2n) is 5.26. The van der Waals surface area contributed by atoms with Crippen molar-refractivity contribution in [3.8, 4) is 5.75 Å². The highest BCUT2D eigenvalue weighted by atomic mass is 32.2. The molecule has 128 valence electrons. The van der Waals surface area contributed by atoms with E-state index in [4.69, 9.17) is 4.74 Å². The number of thioether (sulfide) groups is 1. The molecule has 0 unspecified atom stereocenters. The number of benzene rings is 2. The first kappa shape index (κ1) is 17.0. The maximum Gasteiger partial charge on any atom is 0.234 e. The summed E-state index contributed by atoms with van der Waals surface area (Å²) < 4.78 is 5.22. The maximum absolute atomic E-state index is 12.1. The van der Waals surface area contributed by atoms with E-state index in [0.29, 0.717) is 23.0 Å². The van der Waals surface area contributed by atoms with Crippen LogP contribution in [-0.2, 0) is 11.2 Å². The minimum absolute atomic E-state index is 0.135. The van der Waals surface area contributed by atoms with Crippen LogP contribution in [0.5, 0.6) is 5.75 Å². The summed E-state index contributed by atoms with van der Waals surface area (Å²) in [6, 6.07) is 17.3. The molecule has 0 bridgehead atoms. The van der Waals surface area contributed by atoms with Crippen LogP contribution in [0.25, 0.3) is 0 Å². The number of carbonyl (C=O) groups excluding carboxylic acids is 1. The van der Waals surface area contributed by atoms with Gasteiger partial charge in [0.15, 0.2) is 0 Å². The van der Waals surface area contributed by atoms with Crippen molar-refractivity contribution in [1.82, 2.24) is 15.2 Å². The van der Waals surface area contributed by atoms with E-state index in [1.54, 1.807) is 19.2 Å². The number of nitrogens with zero attached hydrogens (tertiary/aromatic N) is 2. The Balaban J connectivity index is 1.52. The molecule has 1 aromatic heterocycles. The van der Waals surface area contributed by atoms with Gasteiger partial charge in [-0.3, -0.25) is 9.89 Å². The van der Waals surface area contributed by atoms with Gasteiger partial charge in [0, 0.05) is 6.42 Å². The molecule has 0 aliphatic carbocycles. The fourth-order valence-corrected chi connectivity index (χ4v) is 2.89. The Morgan fingerprint density at radius 1 is 1.16 bits per heavy atom. The van der Waals surface area contributed by atoms with E-state index in [1.807, 2.05) is 42.5 Å². The molecule has 1 amide bonds. The molecule has 0 aliphatic rings. The Morgan fingerprint density at radius 2 is 1.92 bits per heavy atom. The predicted octanol–water partition coefficient (Wildman–Crippen LogP) is 3.13. The van der Waals surface area contributed by atoms with Crippen molar-refractivity contribution in [1.29, 1.82) is 0 Å². The molecule has 0 saturated carbocycles. The Hall–Kier alpha value is -2.80. The number of aromatic nitrogens is 3. The van der Waals surface area contributed by atoms with E-state index < -0.39 is 0 Å². The van der Waals surface area contributed by atoms with Crippen LogP contribution in [0.4, 0.5) is 5.69 Å². The molecule has 0 aliphatic heterocycles. The van der Waals surface area contributed by atoms with Crippen molar-refractivity contribution in [3.05, 3.63) is 66.0 Å². The number of rotatable bonds is 7. The highest BCUT2D eigenvalue weighted by molar-refractivity contribution is 7.99. The average Bonchev–Trinajstić information content (AvgIpc) is 3.09. The van der Waals surface area contributed by atoms with Crippen LogP contribution in [-0.4, -0.2) is 34.0 Å². The molecule has 6 nitrogen and oxygen atoms in total. The molecule has 0 spiro atoms. The van der Waals surface area contributed by atoms with Crippen molar-refractivity contribution in [3.63, 3.8) is 0 Å². The minimum Gasteiger partial charge on any atom is -0.495 e. The van der Waals surface area contributed by atoms with Gasteiger partial charge in [0.05, 0.1) is 18.6 Å². The first-order chi connectivity index (χ1) is 12.2. The average molecular weight is 354 g/mol. The lowest BCUT2D eigenvalue weighted by Crippen LogP contribution is -2.14. The van der Waals surface area contributed by atoms with Crippen molar-refractivity contribution < 1.29 is 9.53 Å². The number of para-hydroxylation sites is 2. The number of hydrogen-bond acceptors (Lipinski definition) is 5. The lowest BCUT2D eigenvalue weighted by atomic mass is 10.1. The van der Waals surface area contributed by atoms with Gasteiger partial charge in [-0.15, -0.1) is 5.10 Å². The zero-order chi connectivity index (χ0) is 17.5. The topological polar surface area (TPSA) is 79.9 Å². The van der Waals surface area contributed by atoms with Gasteiger partial charge in [0.25, 0.3) is 0 Å². The first-order valence-electron chi connectivity index (χ1n) is 7.75. The van der Waals surface area contributed by atoms with Crippen molar-refractivity contribution in [2.24, 2.45) is 0 Å². The van der Waals surface area contributed by atoms with E-state index in [2.05, 4.69) is 20.5 Å². The minimum atomic E-state index is -0.135. The lowest BCUT2D eigenvalue weighted by molar-refractivity contribution is -0.113. The summed E-state index contributed by atoms with van der Waals surface area (Å²) >= 11 is 1.29. The van der Waals surface area contributed by atoms with E-state index in [1.165, 1.54) is 11.8 Å². The zero-order valence-electron chi connectivity index (χ0n) is 13.7. The molecule has 0 atom stereocenters. The number of anilines is 1. The summed E-state index contributed by atoms with van der Waals surface area (Å²) in [5.41, 5.74) is 1.81. The SMILES string of the molecule is COc1ccccc1NC(=O)CSc1n[nH]c(Cc2ccccc2)n1. The molecule has 3 rings (SSSR count). The number of methoxy groups -OCH3 is 1. The number of carbonyl (C=O) groups is 1. The predicted molar refractivity (Wildman–Crippen MR) is 98.0 cm³/mol. The van der Waals surface area contributed by atoms with E-state index in [9.17, 15) is 4.79 Å². The molecular formula is C18H18N4O2S. The molecule has 2 aromatic carbocycles. The summed E-state index contributed by atoms with van der Waals surface area (Å²) in [4.78, 5) is 16.5. The molecule has 7 heteroatoms. The molecule has 2 N–H and O–H groups in total. The Bertz CT molecular complexity index is 836. The van der Waals surface area contributed by atoms with Gasteiger partial charge in [-0.05, 0) is 17.7 Å². The van der Waals surface area contributed by atoms with Crippen molar-refractivity contribution in [2.45, 2.75) is 11.6 Å². The second kappa shape index (κ2) is 8.34. The van der Waals surface area contributed by atoms with Crippen LogP contribution in [0.15, 0.2) is 59.8 Å². The summed E-state index contributed by atoms with van der Waals surface area (Å²) in [6.07, 6.45) is 0.682. The van der Waals surface area contributed by atoms with Gasteiger partial charge in [0.2, 0.25) is 11.1 Å². The fourth-order valence-electron chi connectivity index (χ4n) is 2.27. The van der Waals surface area contributed by atoms with Crippen LogP contribution in [0.2, 0.25) is 0 Å². The first-order valence-corrected chi connectivity index (χ1v) is 8.74. The number of ether oxygens (including phenoxy) is 1. The number of amides is 1. The Morgan fingerprint density at radius 3 is 2.72 bits per heavy atom.